The van der Waals surface area contributed by atoms with Crippen molar-refractivity contribution in [2.24, 2.45) is 0 Å². The molecule has 1 aromatic carbocycles. The second-order valence-corrected chi connectivity index (χ2v) is 7.96. The predicted octanol–water partition coefficient (Wildman–Crippen LogP) is 4.10. The molecule has 2 aromatic heterocycles. The normalized spacial score (nSPS) is 13.3. The predicted molar refractivity (Wildman–Crippen MR) is 108 cm³/mol. The van der Waals surface area contributed by atoms with Crippen LogP contribution in [-0.2, 0) is 6.61 Å². The average Bonchev–Trinajstić information content (AvgIpc) is 3.12. The Labute approximate surface area is 179 Å². The van der Waals surface area contributed by atoms with Crippen LogP contribution < -0.4 is 9.75 Å². The molecule has 11 heteroatoms. The molecular weight excluding hydrogens is 445 g/mol. The molecule has 0 aliphatic carbocycles. The Kier molecular flexibility index (Phi) is 5.63. The molecule has 0 bridgehead atoms. The first kappa shape index (κ1) is 19.3. The molecule has 28 heavy (non-hydrogen) atoms. The molecule has 1 amide bonds. The van der Waals surface area contributed by atoms with E-state index in [0.29, 0.717) is 44.6 Å². The summed E-state index contributed by atoms with van der Waals surface area (Å²) in [6.45, 7) is 0.517. The summed E-state index contributed by atoms with van der Waals surface area (Å²) in [6.07, 6.45) is 1.53. The van der Waals surface area contributed by atoms with Gasteiger partial charge < -0.3 is 4.74 Å². The average molecular weight is 457 g/mol. The zero-order valence-electron chi connectivity index (χ0n) is 14.2. The number of pyridine rings is 1. The van der Waals surface area contributed by atoms with Crippen molar-refractivity contribution in [1.29, 1.82) is 0 Å². The summed E-state index contributed by atoms with van der Waals surface area (Å²) in [5.74, 6) is 1.26. The molecule has 3 heterocycles. The minimum absolute atomic E-state index is 0.0537. The molecule has 0 atom stereocenters. The van der Waals surface area contributed by atoms with Crippen molar-refractivity contribution >= 4 is 52.5 Å². The van der Waals surface area contributed by atoms with Crippen LogP contribution in [0.25, 0.3) is 0 Å². The third kappa shape index (κ3) is 3.77. The van der Waals surface area contributed by atoms with Gasteiger partial charge in [0.1, 0.15) is 17.5 Å². The fourth-order valence-electron chi connectivity index (χ4n) is 2.65. The van der Waals surface area contributed by atoms with E-state index in [4.69, 9.17) is 39.5 Å². The number of carbonyl (C=O) groups is 1. The van der Waals surface area contributed by atoms with Crippen molar-refractivity contribution in [3.63, 3.8) is 0 Å². The van der Waals surface area contributed by atoms with Gasteiger partial charge in [-0.05, 0) is 24.3 Å². The zero-order chi connectivity index (χ0) is 19.7. The third-order valence-electron chi connectivity index (χ3n) is 3.93. The zero-order valence-corrected chi connectivity index (χ0v) is 17.3. The van der Waals surface area contributed by atoms with Crippen LogP contribution in [0.2, 0.25) is 15.2 Å². The molecule has 0 N–H and O–H groups in total. The number of hydrogen-bond acceptors (Lipinski definition) is 6. The molecule has 0 radical (unpaired) electrons. The fraction of sp³-hybridized carbons (Fsp3) is 0.176. The van der Waals surface area contributed by atoms with E-state index in [1.54, 1.807) is 35.0 Å². The van der Waals surface area contributed by atoms with E-state index in [-0.39, 0.29) is 17.7 Å². The smallest absolute Gasteiger partial charge is 0.275 e. The number of fused-ring (bicyclic) bond motifs is 1. The number of hydrogen-bond donors (Lipinski definition) is 0. The van der Waals surface area contributed by atoms with Crippen LogP contribution in [-0.4, -0.2) is 38.1 Å². The number of amides is 1. The van der Waals surface area contributed by atoms with Crippen molar-refractivity contribution in [1.82, 2.24) is 19.9 Å². The Morgan fingerprint density at radius 3 is 2.89 bits per heavy atom. The van der Waals surface area contributed by atoms with Crippen molar-refractivity contribution in [3.05, 3.63) is 63.1 Å². The van der Waals surface area contributed by atoms with Crippen molar-refractivity contribution in [3.8, 4) is 5.75 Å². The maximum Gasteiger partial charge on any atom is 0.275 e. The monoisotopic (exact) mass is 455 g/mol. The maximum absolute atomic E-state index is 13.0. The van der Waals surface area contributed by atoms with Crippen LogP contribution in [0.4, 0.5) is 0 Å². The number of benzene rings is 1. The van der Waals surface area contributed by atoms with E-state index < -0.39 is 0 Å². The molecule has 1 aliphatic heterocycles. The quantitative estimate of drug-likeness (QED) is 0.550. The summed E-state index contributed by atoms with van der Waals surface area (Å²) < 4.78 is 7.40. The van der Waals surface area contributed by atoms with E-state index in [1.807, 2.05) is 0 Å². The molecule has 1 aliphatic rings. The summed E-state index contributed by atoms with van der Waals surface area (Å²) in [7, 11) is 0. The fourth-order valence-corrected chi connectivity index (χ4v) is 4.05. The molecule has 0 fully saturated rings. The summed E-state index contributed by atoms with van der Waals surface area (Å²) in [4.78, 5) is 17.0. The van der Waals surface area contributed by atoms with Crippen LogP contribution in [0.1, 0.15) is 16.2 Å². The van der Waals surface area contributed by atoms with Gasteiger partial charge in [-0.2, -0.15) is 0 Å². The molecule has 4 rings (SSSR count). The second kappa shape index (κ2) is 8.16. The van der Waals surface area contributed by atoms with Gasteiger partial charge in [-0.1, -0.05) is 46.6 Å². The Bertz CT molecular complexity index is 1050. The maximum atomic E-state index is 13.0. The van der Waals surface area contributed by atoms with E-state index in [0.717, 1.165) is 0 Å². The van der Waals surface area contributed by atoms with Crippen LogP contribution in [0.3, 0.4) is 0 Å². The van der Waals surface area contributed by atoms with Gasteiger partial charge >= 0.3 is 0 Å². The number of rotatable bonds is 4. The van der Waals surface area contributed by atoms with Crippen LogP contribution in [0.5, 0.6) is 5.75 Å². The van der Waals surface area contributed by atoms with Gasteiger partial charge in [0.15, 0.2) is 5.82 Å². The topological polar surface area (TPSA) is 73.1 Å². The van der Waals surface area contributed by atoms with Crippen LogP contribution in [0.15, 0.2) is 41.7 Å². The molecule has 0 spiro atoms. The lowest BCUT2D eigenvalue weighted by molar-refractivity contribution is 0.0952. The Morgan fingerprint density at radius 1 is 1.21 bits per heavy atom. The van der Waals surface area contributed by atoms with Crippen LogP contribution >= 0.6 is 46.6 Å². The number of carbonyl (C=O) groups excluding carboxylic acids is 1. The van der Waals surface area contributed by atoms with Crippen LogP contribution in [0, 0.1) is 0 Å². The highest BCUT2D eigenvalue weighted by Gasteiger charge is 2.29. The third-order valence-corrected chi connectivity index (χ3v) is 5.67. The number of nitrogens with zero attached hydrogens (tertiary/aromatic N) is 5. The first-order valence-electron chi connectivity index (χ1n) is 8.12. The summed E-state index contributed by atoms with van der Waals surface area (Å²) in [5, 5.41) is 11.5. The Hall–Kier alpha value is -2.00. The second-order valence-electron chi connectivity index (χ2n) is 5.69. The molecule has 7 nitrogen and oxygen atoms in total. The standard InChI is InChI=1S/C17H12Cl3N5O2S/c18-10-3-4-12(19)13(8-10)27-9-14-22-23-17-25(14)24(6-7-28-17)16(26)11-2-1-5-21-15(11)20/h1-5,8H,6-7,9H2. The van der Waals surface area contributed by atoms with Gasteiger partial charge in [-0.25, -0.2) is 14.7 Å². The summed E-state index contributed by atoms with van der Waals surface area (Å²) in [6, 6.07) is 8.23. The van der Waals surface area contributed by atoms with Gasteiger partial charge in [0.05, 0.1) is 17.1 Å². The lowest BCUT2D eigenvalue weighted by Crippen LogP contribution is -2.46. The van der Waals surface area contributed by atoms with Crippen molar-refractivity contribution in [2.75, 3.05) is 17.3 Å². The van der Waals surface area contributed by atoms with Gasteiger partial charge in [0.2, 0.25) is 5.16 Å². The highest BCUT2D eigenvalue weighted by Crippen LogP contribution is 2.29. The highest BCUT2D eigenvalue weighted by molar-refractivity contribution is 7.99. The first-order valence-corrected chi connectivity index (χ1v) is 10.2. The van der Waals surface area contributed by atoms with Gasteiger partial charge in [-0.3, -0.25) is 4.79 Å². The Morgan fingerprint density at radius 2 is 2.07 bits per heavy atom. The van der Waals surface area contributed by atoms with E-state index in [1.165, 1.54) is 23.0 Å². The van der Waals surface area contributed by atoms with E-state index >= 15 is 0 Å². The van der Waals surface area contributed by atoms with Gasteiger partial charge in [0, 0.05) is 23.0 Å². The summed E-state index contributed by atoms with van der Waals surface area (Å²) in [5.41, 5.74) is 0.306. The SMILES string of the molecule is O=C(c1cccnc1Cl)N1CCSc2nnc(COc3cc(Cl)ccc3Cl)n21. The number of thioether (sulfide) groups is 1. The molecule has 0 unspecified atom stereocenters. The van der Waals surface area contributed by atoms with E-state index in [9.17, 15) is 4.79 Å². The van der Waals surface area contributed by atoms with Crippen molar-refractivity contribution < 1.29 is 9.53 Å². The van der Waals surface area contributed by atoms with Gasteiger partial charge in [-0.15, -0.1) is 10.2 Å². The highest BCUT2D eigenvalue weighted by atomic mass is 35.5. The number of ether oxygens (including phenoxy) is 1. The first-order chi connectivity index (χ1) is 13.5. The molecule has 0 saturated heterocycles. The van der Waals surface area contributed by atoms with E-state index in [2.05, 4.69) is 15.2 Å². The molecule has 144 valence electrons. The molecule has 0 saturated carbocycles. The lowest BCUT2D eigenvalue weighted by Gasteiger charge is -2.29. The minimum atomic E-state index is -0.290. The number of aromatic nitrogens is 4. The minimum Gasteiger partial charge on any atom is -0.484 e. The lowest BCUT2D eigenvalue weighted by atomic mass is 10.2. The molecular formula is C17H12Cl3N5O2S. The largest absolute Gasteiger partial charge is 0.484 e. The van der Waals surface area contributed by atoms with Gasteiger partial charge in [0.25, 0.3) is 5.91 Å². The Balaban J connectivity index is 1.62. The molecule has 3 aromatic rings. The summed E-state index contributed by atoms with van der Waals surface area (Å²) >= 11 is 19.7. The number of halogens is 3. The van der Waals surface area contributed by atoms with Crippen molar-refractivity contribution in [2.45, 2.75) is 11.8 Å².